The highest BCUT2D eigenvalue weighted by Crippen LogP contribution is 2.32. The van der Waals surface area contributed by atoms with E-state index in [-0.39, 0.29) is 11.6 Å². The average molecular weight is 488 g/mol. The van der Waals surface area contributed by atoms with Crippen molar-refractivity contribution in [3.63, 3.8) is 0 Å². The fourth-order valence-electron chi connectivity index (χ4n) is 3.07. The lowest BCUT2D eigenvalue weighted by Gasteiger charge is -2.17. The first-order valence-electron chi connectivity index (χ1n) is 10.2. The summed E-state index contributed by atoms with van der Waals surface area (Å²) in [6, 6.07) is 13.3. The number of ether oxygens (including phenoxy) is 1. The molecule has 0 aliphatic carbocycles. The predicted molar refractivity (Wildman–Crippen MR) is 122 cm³/mol. The normalized spacial score (nSPS) is 12.2. The molecular weight excluding hydrogens is 467 g/mol. The average Bonchev–Trinajstić information content (AvgIpc) is 2.78. The summed E-state index contributed by atoms with van der Waals surface area (Å²) in [4.78, 5) is 22.0. The van der Waals surface area contributed by atoms with Crippen LogP contribution in [0.1, 0.15) is 19.4 Å². The van der Waals surface area contributed by atoms with E-state index in [1.807, 2.05) is 0 Å². The summed E-state index contributed by atoms with van der Waals surface area (Å²) in [6.07, 6.45) is -1.44. The Morgan fingerprint density at radius 2 is 1.79 bits per heavy atom. The molecule has 2 aromatic carbocycles. The molecule has 0 radical (unpaired) electrons. The van der Waals surface area contributed by atoms with Gasteiger partial charge in [0.25, 0.3) is 5.56 Å². The van der Waals surface area contributed by atoms with Crippen molar-refractivity contribution < 1.29 is 23.0 Å². The van der Waals surface area contributed by atoms with E-state index < -0.39 is 22.9 Å². The number of nitrogens with zero attached hydrogens (tertiary/aromatic N) is 3. The maximum Gasteiger partial charge on any atom is 0.416 e. The maximum absolute atomic E-state index is 13.0. The van der Waals surface area contributed by atoms with Crippen LogP contribution < -0.4 is 10.3 Å². The first-order valence-corrected chi connectivity index (χ1v) is 11.0. The summed E-state index contributed by atoms with van der Waals surface area (Å²) in [6.45, 7) is 3.36. The number of pyridine rings is 1. The monoisotopic (exact) mass is 487 g/mol. The zero-order valence-electron chi connectivity index (χ0n) is 18.2. The molecule has 34 heavy (non-hydrogen) atoms. The Balaban J connectivity index is 1.59. The van der Waals surface area contributed by atoms with Crippen LogP contribution in [0.5, 0.6) is 5.88 Å². The lowest BCUT2D eigenvalue weighted by Crippen LogP contribution is -2.28. The van der Waals surface area contributed by atoms with Gasteiger partial charge >= 0.3 is 6.18 Å². The van der Waals surface area contributed by atoms with Crippen molar-refractivity contribution in [2.45, 2.75) is 35.5 Å². The van der Waals surface area contributed by atoms with E-state index in [0.29, 0.717) is 22.0 Å². The second kappa shape index (κ2) is 9.11. The number of aliphatic hydroxyl groups is 1. The smallest absolute Gasteiger partial charge is 0.416 e. The van der Waals surface area contributed by atoms with Crippen LogP contribution in [0.15, 0.2) is 81.7 Å². The number of alkyl halides is 3. The topological polar surface area (TPSA) is 77.2 Å². The Hall–Kier alpha value is -3.37. The van der Waals surface area contributed by atoms with Crippen LogP contribution in [0.4, 0.5) is 13.2 Å². The van der Waals surface area contributed by atoms with Crippen LogP contribution in [0, 0.1) is 0 Å². The van der Waals surface area contributed by atoms with Crippen LogP contribution in [0.3, 0.4) is 0 Å². The summed E-state index contributed by atoms with van der Waals surface area (Å²) in [5, 5.41) is 10.7. The SMILES string of the molecule is CC(C)(O)COc1ccc2cc(-n3ccnc(Sc4ccc(C(F)(F)F)cc4)c3=O)ccc2n1. The van der Waals surface area contributed by atoms with Crippen molar-refractivity contribution in [2.24, 2.45) is 0 Å². The van der Waals surface area contributed by atoms with E-state index in [0.717, 1.165) is 29.3 Å². The Morgan fingerprint density at radius 3 is 2.47 bits per heavy atom. The molecule has 0 fully saturated rings. The van der Waals surface area contributed by atoms with Crippen LogP contribution in [0.25, 0.3) is 16.6 Å². The van der Waals surface area contributed by atoms with Crippen LogP contribution in [-0.4, -0.2) is 31.8 Å². The van der Waals surface area contributed by atoms with E-state index >= 15 is 0 Å². The first-order chi connectivity index (χ1) is 16.0. The van der Waals surface area contributed by atoms with Gasteiger partial charge in [-0.2, -0.15) is 13.2 Å². The van der Waals surface area contributed by atoms with E-state index in [1.165, 1.54) is 29.1 Å². The molecule has 0 aliphatic rings. The third kappa shape index (κ3) is 5.57. The van der Waals surface area contributed by atoms with E-state index in [9.17, 15) is 23.1 Å². The summed E-state index contributed by atoms with van der Waals surface area (Å²) in [5.41, 5.74) is -0.905. The maximum atomic E-state index is 13.0. The highest BCUT2D eigenvalue weighted by atomic mass is 32.2. The molecule has 2 heterocycles. The molecule has 4 rings (SSSR count). The molecule has 0 unspecified atom stereocenters. The fourth-order valence-corrected chi connectivity index (χ4v) is 3.86. The highest BCUT2D eigenvalue weighted by Gasteiger charge is 2.30. The molecule has 1 N–H and O–H groups in total. The number of hydrogen-bond donors (Lipinski definition) is 1. The third-order valence-electron chi connectivity index (χ3n) is 4.70. The third-order valence-corrected chi connectivity index (χ3v) is 5.69. The van der Waals surface area contributed by atoms with Crippen LogP contribution in [-0.2, 0) is 6.18 Å². The molecule has 10 heteroatoms. The highest BCUT2D eigenvalue weighted by molar-refractivity contribution is 7.99. The zero-order valence-corrected chi connectivity index (χ0v) is 19.0. The fraction of sp³-hybridized carbons (Fsp3) is 0.208. The van der Waals surface area contributed by atoms with Gasteiger partial charge in [0, 0.05) is 34.4 Å². The van der Waals surface area contributed by atoms with E-state index in [4.69, 9.17) is 4.74 Å². The lowest BCUT2D eigenvalue weighted by atomic mass is 10.2. The Labute approximate surface area is 197 Å². The van der Waals surface area contributed by atoms with Gasteiger partial charge < -0.3 is 9.84 Å². The Kier molecular flexibility index (Phi) is 6.37. The molecule has 4 aromatic rings. The minimum Gasteiger partial charge on any atom is -0.475 e. The molecule has 0 spiro atoms. The van der Waals surface area contributed by atoms with Gasteiger partial charge in [-0.3, -0.25) is 9.36 Å². The summed E-state index contributed by atoms with van der Waals surface area (Å²) in [5.74, 6) is 0.374. The molecule has 0 bridgehead atoms. The second-order valence-electron chi connectivity index (χ2n) is 8.16. The summed E-state index contributed by atoms with van der Waals surface area (Å²) in [7, 11) is 0. The van der Waals surface area contributed by atoms with Crippen molar-refractivity contribution >= 4 is 22.7 Å². The number of fused-ring (bicyclic) bond motifs is 1. The van der Waals surface area contributed by atoms with E-state index in [2.05, 4.69) is 9.97 Å². The minimum absolute atomic E-state index is 0.0926. The largest absolute Gasteiger partial charge is 0.475 e. The van der Waals surface area contributed by atoms with Gasteiger partial charge in [0.15, 0.2) is 5.03 Å². The van der Waals surface area contributed by atoms with Gasteiger partial charge in [-0.05, 0) is 62.4 Å². The van der Waals surface area contributed by atoms with Gasteiger partial charge in [-0.15, -0.1) is 0 Å². The minimum atomic E-state index is -4.42. The Morgan fingerprint density at radius 1 is 1.06 bits per heavy atom. The molecule has 2 aromatic heterocycles. The summed E-state index contributed by atoms with van der Waals surface area (Å²) < 4.78 is 45.3. The Bertz CT molecular complexity index is 1380. The summed E-state index contributed by atoms with van der Waals surface area (Å²) >= 11 is 0.994. The molecule has 0 saturated heterocycles. The van der Waals surface area contributed by atoms with Gasteiger partial charge in [0.1, 0.15) is 6.61 Å². The van der Waals surface area contributed by atoms with E-state index in [1.54, 1.807) is 44.2 Å². The van der Waals surface area contributed by atoms with Crippen molar-refractivity contribution in [1.82, 2.24) is 14.5 Å². The molecule has 0 atom stereocenters. The predicted octanol–water partition coefficient (Wildman–Crippen LogP) is 5.10. The molecule has 0 aliphatic heterocycles. The van der Waals surface area contributed by atoms with Crippen LogP contribution in [0.2, 0.25) is 0 Å². The van der Waals surface area contributed by atoms with Gasteiger partial charge in [0.05, 0.1) is 16.7 Å². The quantitative estimate of drug-likeness (QED) is 0.408. The number of rotatable bonds is 6. The van der Waals surface area contributed by atoms with Crippen molar-refractivity contribution in [1.29, 1.82) is 0 Å². The van der Waals surface area contributed by atoms with Gasteiger partial charge in [-0.1, -0.05) is 11.8 Å². The number of aromatic nitrogens is 3. The standard InChI is InChI=1S/C24H20F3N3O3S/c1-23(2,32)14-33-20-10-3-15-13-17(6-9-19(15)29-20)30-12-11-28-21(22(30)31)34-18-7-4-16(5-8-18)24(25,26)27/h3-13,32H,14H2,1-2H3. The number of halogens is 3. The molecule has 0 saturated carbocycles. The number of benzene rings is 2. The van der Waals surface area contributed by atoms with Gasteiger partial charge in [-0.25, -0.2) is 9.97 Å². The second-order valence-corrected chi connectivity index (χ2v) is 9.22. The zero-order chi connectivity index (χ0) is 24.5. The van der Waals surface area contributed by atoms with Gasteiger partial charge in [0.2, 0.25) is 5.88 Å². The van der Waals surface area contributed by atoms with Crippen molar-refractivity contribution in [3.8, 4) is 11.6 Å². The lowest BCUT2D eigenvalue weighted by molar-refractivity contribution is -0.137. The number of hydrogen-bond acceptors (Lipinski definition) is 6. The first kappa shape index (κ1) is 23.8. The van der Waals surface area contributed by atoms with Crippen LogP contribution >= 0.6 is 11.8 Å². The molecular formula is C24H20F3N3O3S. The van der Waals surface area contributed by atoms with Crippen molar-refractivity contribution in [3.05, 3.63) is 82.9 Å². The molecule has 176 valence electrons. The molecule has 0 amide bonds. The van der Waals surface area contributed by atoms with Crippen molar-refractivity contribution in [2.75, 3.05) is 6.61 Å². The molecule has 6 nitrogen and oxygen atoms in total.